The number of aromatic nitrogens is 1. The number of hydrogen-bond donors (Lipinski definition) is 1. The highest BCUT2D eigenvalue weighted by Crippen LogP contribution is 2.25. The molecule has 88 valence electrons. The van der Waals surface area contributed by atoms with Crippen LogP contribution in [0, 0.1) is 0 Å². The van der Waals surface area contributed by atoms with Crippen LogP contribution in [0.3, 0.4) is 0 Å². The first-order chi connectivity index (χ1) is 7.79. The van der Waals surface area contributed by atoms with Crippen molar-refractivity contribution in [3.8, 4) is 0 Å². The summed E-state index contributed by atoms with van der Waals surface area (Å²) in [5.74, 6) is 0.325. The standard InChI is InChI=1S/C13H20N2O/c1-10(11-5-7-15-8-6-11)13(14)12-4-2-3-9-16-12/h5-8,10,12-13H,2-4,9,14H2,1H3. The number of ether oxygens (including phenoxy) is 1. The SMILES string of the molecule is CC(c1ccncc1)C(N)C1CCCCO1. The van der Waals surface area contributed by atoms with Gasteiger partial charge in [0.25, 0.3) is 0 Å². The Hall–Kier alpha value is -0.930. The summed E-state index contributed by atoms with van der Waals surface area (Å²) in [5, 5.41) is 0. The van der Waals surface area contributed by atoms with E-state index in [0.717, 1.165) is 13.0 Å². The molecule has 1 aromatic rings. The highest BCUT2D eigenvalue weighted by atomic mass is 16.5. The topological polar surface area (TPSA) is 48.1 Å². The van der Waals surface area contributed by atoms with Crippen LogP contribution in [0.15, 0.2) is 24.5 Å². The molecule has 2 heterocycles. The second kappa shape index (κ2) is 5.41. The Morgan fingerprint density at radius 3 is 2.75 bits per heavy atom. The summed E-state index contributed by atoms with van der Waals surface area (Å²) >= 11 is 0. The molecule has 2 rings (SSSR count). The Morgan fingerprint density at radius 1 is 1.38 bits per heavy atom. The lowest BCUT2D eigenvalue weighted by Gasteiger charge is -2.31. The molecule has 0 radical (unpaired) electrons. The quantitative estimate of drug-likeness (QED) is 0.848. The van der Waals surface area contributed by atoms with E-state index in [1.54, 1.807) is 0 Å². The van der Waals surface area contributed by atoms with Crippen LogP contribution < -0.4 is 5.73 Å². The summed E-state index contributed by atoms with van der Waals surface area (Å²) in [5.41, 5.74) is 7.53. The molecule has 1 aromatic heterocycles. The van der Waals surface area contributed by atoms with Gasteiger partial charge in [0.05, 0.1) is 6.10 Å². The smallest absolute Gasteiger partial charge is 0.0731 e. The molecule has 0 aliphatic carbocycles. The number of hydrogen-bond acceptors (Lipinski definition) is 3. The number of pyridine rings is 1. The van der Waals surface area contributed by atoms with Crippen LogP contribution in [0.4, 0.5) is 0 Å². The summed E-state index contributed by atoms with van der Waals surface area (Å²) in [6, 6.07) is 4.16. The average Bonchev–Trinajstić information content (AvgIpc) is 2.39. The van der Waals surface area contributed by atoms with E-state index in [2.05, 4.69) is 11.9 Å². The first kappa shape index (κ1) is 11.6. The van der Waals surface area contributed by atoms with Crippen molar-refractivity contribution in [1.29, 1.82) is 0 Å². The van der Waals surface area contributed by atoms with Gasteiger partial charge in [-0.3, -0.25) is 4.98 Å². The largest absolute Gasteiger partial charge is 0.377 e. The zero-order valence-corrected chi connectivity index (χ0v) is 9.80. The minimum absolute atomic E-state index is 0.0858. The predicted molar refractivity (Wildman–Crippen MR) is 64.2 cm³/mol. The Morgan fingerprint density at radius 2 is 2.12 bits per heavy atom. The molecular weight excluding hydrogens is 200 g/mol. The molecule has 3 unspecified atom stereocenters. The fourth-order valence-electron chi connectivity index (χ4n) is 2.28. The van der Waals surface area contributed by atoms with Gasteiger partial charge in [-0.25, -0.2) is 0 Å². The maximum Gasteiger partial charge on any atom is 0.0731 e. The lowest BCUT2D eigenvalue weighted by atomic mass is 9.88. The van der Waals surface area contributed by atoms with E-state index >= 15 is 0 Å². The zero-order valence-electron chi connectivity index (χ0n) is 9.80. The van der Waals surface area contributed by atoms with Crippen LogP contribution in [0.1, 0.15) is 37.7 Å². The molecule has 0 amide bonds. The normalized spacial score (nSPS) is 25.0. The second-order valence-corrected chi connectivity index (χ2v) is 4.55. The van der Waals surface area contributed by atoms with Gasteiger partial charge in [-0.1, -0.05) is 6.92 Å². The van der Waals surface area contributed by atoms with Gasteiger partial charge in [0.1, 0.15) is 0 Å². The fourth-order valence-corrected chi connectivity index (χ4v) is 2.28. The minimum Gasteiger partial charge on any atom is -0.377 e. The van der Waals surface area contributed by atoms with Crippen LogP contribution in [-0.4, -0.2) is 23.7 Å². The third-order valence-corrected chi connectivity index (χ3v) is 3.45. The van der Waals surface area contributed by atoms with Crippen molar-refractivity contribution in [2.45, 2.75) is 44.2 Å². The van der Waals surface area contributed by atoms with Crippen LogP contribution in [0.25, 0.3) is 0 Å². The summed E-state index contributed by atoms with van der Waals surface area (Å²) in [7, 11) is 0. The first-order valence-corrected chi connectivity index (χ1v) is 6.06. The van der Waals surface area contributed by atoms with Gasteiger partial charge in [0, 0.05) is 25.0 Å². The lowest BCUT2D eigenvalue weighted by molar-refractivity contribution is -0.00374. The molecule has 0 aromatic carbocycles. The lowest BCUT2D eigenvalue weighted by Crippen LogP contribution is -2.42. The summed E-state index contributed by atoms with van der Waals surface area (Å²) < 4.78 is 5.74. The van der Waals surface area contributed by atoms with Crippen LogP contribution in [0.5, 0.6) is 0 Å². The third-order valence-electron chi connectivity index (χ3n) is 3.45. The van der Waals surface area contributed by atoms with Crippen molar-refractivity contribution < 1.29 is 4.74 Å². The van der Waals surface area contributed by atoms with E-state index in [0.29, 0.717) is 5.92 Å². The first-order valence-electron chi connectivity index (χ1n) is 6.06. The van der Waals surface area contributed by atoms with Gasteiger partial charge >= 0.3 is 0 Å². The van der Waals surface area contributed by atoms with E-state index in [4.69, 9.17) is 10.5 Å². The molecule has 3 atom stereocenters. The van der Waals surface area contributed by atoms with E-state index in [1.165, 1.54) is 18.4 Å². The van der Waals surface area contributed by atoms with Crippen molar-refractivity contribution in [3.05, 3.63) is 30.1 Å². The Labute approximate surface area is 97.0 Å². The van der Waals surface area contributed by atoms with Crippen LogP contribution >= 0.6 is 0 Å². The highest BCUT2D eigenvalue weighted by Gasteiger charge is 2.26. The van der Waals surface area contributed by atoms with Crippen LogP contribution in [0.2, 0.25) is 0 Å². The van der Waals surface area contributed by atoms with Crippen molar-refractivity contribution in [1.82, 2.24) is 4.98 Å². The zero-order chi connectivity index (χ0) is 11.4. The van der Waals surface area contributed by atoms with E-state index in [9.17, 15) is 0 Å². The van der Waals surface area contributed by atoms with Gasteiger partial charge < -0.3 is 10.5 Å². The number of nitrogens with zero attached hydrogens (tertiary/aromatic N) is 1. The van der Waals surface area contributed by atoms with Gasteiger partial charge in [0.2, 0.25) is 0 Å². The molecule has 3 heteroatoms. The van der Waals surface area contributed by atoms with Crippen molar-refractivity contribution in [2.24, 2.45) is 5.73 Å². The van der Waals surface area contributed by atoms with E-state index in [-0.39, 0.29) is 12.1 Å². The van der Waals surface area contributed by atoms with Gasteiger partial charge in [-0.15, -0.1) is 0 Å². The summed E-state index contributed by atoms with van der Waals surface area (Å²) in [4.78, 5) is 4.03. The Kier molecular flexibility index (Phi) is 3.91. The molecule has 1 aliphatic rings. The fraction of sp³-hybridized carbons (Fsp3) is 0.615. The highest BCUT2D eigenvalue weighted by molar-refractivity contribution is 5.17. The van der Waals surface area contributed by atoms with Crippen LogP contribution in [-0.2, 0) is 4.74 Å². The third kappa shape index (κ3) is 2.60. The summed E-state index contributed by atoms with van der Waals surface area (Å²) in [6.07, 6.45) is 7.36. The van der Waals surface area contributed by atoms with Crippen molar-refractivity contribution in [2.75, 3.05) is 6.61 Å². The average molecular weight is 220 g/mol. The molecule has 1 saturated heterocycles. The molecule has 1 aliphatic heterocycles. The molecular formula is C13H20N2O. The van der Waals surface area contributed by atoms with Crippen molar-refractivity contribution in [3.63, 3.8) is 0 Å². The Bertz CT molecular complexity index is 309. The molecule has 1 fully saturated rings. The molecule has 0 saturated carbocycles. The van der Waals surface area contributed by atoms with Gasteiger partial charge in [-0.2, -0.15) is 0 Å². The van der Waals surface area contributed by atoms with Gasteiger partial charge in [-0.05, 0) is 42.9 Å². The summed E-state index contributed by atoms with van der Waals surface area (Å²) in [6.45, 7) is 3.03. The molecule has 0 bridgehead atoms. The minimum atomic E-state index is 0.0858. The van der Waals surface area contributed by atoms with E-state index in [1.807, 2.05) is 24.5 Å². The predicted octanol–water partition coefficient (Wildman–Crippen LogP) is 2.08. The maximum atomic E-state index is 6.28. The monoisotopic (exact) mass is 220 g/mol. The molecule has 3 nitrogen and oxygen atoms in total. The van der Waals surface area contributed by atoms with E-state index < -0.39 is 0 Å². The number of rotatable bonds is 3. The van der Waals surface area contributed by atoms with Crippen molar-refractivity contribution >= 4 is 0 Å². The maximum absolute atomic E-state index is 6.28. The molecule has 0 spiro atoms. The second-order valence-electron chi connectivity index (χ2n) is 4.55. The number of nitrogens with two attached hydrogens (primary N) is 1. The van der Waals surface area contributed by atoms with Gasteiger partial charge in [0.15, 0.2) is 0 Å². The molecule has 2 N–H and O–H groups in total. The molecule has 16 heavy (non-hydrogen) atoms. The Balaban J connectivity index is 2.00.